The summed E-state index contributed by atoms with van der Waals surface area (Å²) in [6.07, 6.45) is 0. The fourth-order valence-corrected chi connectivity index (χ4v) is 6.72. The van der Waals surface area contributed by atoms with Gasteiger partial charge >= 0.3 is 0 Å². The van der Waals surface area contributed by atoms with Crippen molar-refractivity contribution in [3.8, 4) is 39.9 Å². The van der Waals surface area contributed by atoms with E-state index in [-0.39, 0.29) is 27.3 Å². The fraction of sp³-hybridized carbons (Fsp3) is 0. The zero-order chi connectivity index (χ0) is 33.4. The average Bonchev–Trinajstić information content (AvgIpc) is 3.70. The van der Waals surface area contributed by atoms with Crippen LogP contribution in [0.3, 0.4) is 0 Å². The van der Waals surface area contributed by atoms with Crippen LogP contribution >= 0.6 is 0 Å². The normalized spacial score (nSPS) is 11.7. The van der Waals surface area contributed by atoms with Crippen LogP contribution in [0, 0.1) is 0 Å². The molecule has 10 radical (unpaired) electrons. The van der Waals surface area contributed by atoms with Crippen molar-refractivity contribution in [1.29, 1.82) is 0 Å². The smallest absolute Gasteiger partial charge is 0.167 e. The van der Waals surface area contributed by atoms with E-state index in [1.165, 1.54) is 0 Å². The van der Waals surface area contributed by atoms with Gasteiger partial charge in [0.2, 0.25) is 0 Å². The van der Waals surface area contributed by atoms with E-state index in [0.29, 0.717) is 34.3 Å². The molecule has 0 aliphatic rings. The van der Waals surface area contributed by atoms with Gasteiger partial charge in [-0.15, -0.1) is 16.4 Å². The molecule has 0 saturated heterocycles. The van der Waals surface area contributed by atoms with Crippen LogP contribution in [0.4, 0.5) is 0 Å². The third-order valence-electron chi connectivity index (χ3n) is 9.13. The largest absolute Gasteiger partial charge is 0.453 e. The van der Waals surface area contributed by atoms with Gasteiger partial charge in [-0.3, -0.25) is 0 Å². The van der Waals surface area contributed by atoms with Crippen molar-refractivity contribution in [2.24, 2.45) is 0 Å². The number of fused-ring (bicyclic) bond motifs is 7. The summed E-state index contributed by atoms with van der Waals surface area (Å²) in [6, 6.07) is 37.9. The molecule has 10 heteroatoms. The number of hydrogen-bond donors (Lipinski definition) is 0. The van der Waals surface area contributed by atoms with Gasteiger partial charge in [0, 0.05) is 38.4 Å². The molecule has 0 amide bonds. The van der Waals surface area contributed by atoms with Crippen LogP contribution in [0.25, 0.3) is 83.6 Å². The van der Waals surface area contributed by atoms with Gasteiger partial charge in [-0.2, -0.15) is 0 Å². The van der Waals surface area contributed by atoms with E-state index in [2.05, 4.69) is 12.1 Å². The summed E-state index contributed by atoms with van der Waals surface area (Å²) in [6.45, 7) is 0. The van der Waals surface area contributed by atoms with Gasteiger partial charge in [0.1, 0.15) is 44.8 Å². The molecule has 9 rings (SSSR count). The minimum Gasteiger partial charge on any atom is -0.453 e. The number of aromatic nitrogens is 4. The Labute approximate surface area is 288 Å². The summed E-state index contributed by atoms with van der Waals surface area (Å²) >= 11 is 0. The molecule has 6 aromatic carbocycles. The second kappa shape index (κ2) is 11.2. The lowest BCUT2D eigenvalue weighted by atomic mass is 9.61. The van der Waals surface area contributed by atoms with E-state index in [1.807, 2.05) is 108 Å². The Morgan fingerprint density at radius 2 is 0.939 bits per heavy atom. The lowest BCUT2D eigenvalue weighted by Gasteiger charge is -2.23. The summed E-state index contributed by atoms with van der Waals surface area (Å²) in [7, 11) is 32.2. The molecular weight excluding hydrogens is 595 g/mol. The molecule has 0 fully saturated rings. The highest BCUT2D eigenvalue weighted by Crippen LogP contribution is 2.42. The summed E-state index contributed by atoms with van der Waals surface area (Å²) in [4.78, 5) is 14.8. The molecule has 3 aromatic heterocycles. The summed E-state index contributed by atoms with van der Waals surface area (Å²) in [5, 5.41) is 3.70. The van der Waals surface area contributed by atoms with Crippen molar-refractivity contribution in [2.45, 2.75) is 0 Å². The van der Waals surface area contributed by atoms with Crippen LogP contribution in [-0.4, -0.2) is 58.8 Å². The maximum Gasteiger partial charge on any atom is 0.167 e. The second-order valence-electron chi connectivity index (χ2n) is 11.9. The lowest BCUT2D eigenvalue weighted by Crippen LogP contribution is -2.56. The van der Waals surface area contributed by atoms with Crippen molar-refractivity contribution in [1.82, 2.24) is 19.5 Å². The highest BCUT2D eigenvalue weighted by atomic mass is 16.3. The Hall–Kier alpha value is -5.75. The molecular formula is C39H19B5N4O. The first kappa shape index (κ1) is 29.4. The van der Waals surface area contributed by atoms with Crippen LogP contribution in [0.5, 0.6) is 0 Å². The van der Waals surface area contributed by atoms with Crippen LogP contribution in [0.2, 0.25) is 0 Å². The highest BCUT2D eigenvalue weighted by Gasteiger charge is 2.24. The molecule has 0 unspecified atom stereocenters. The molecule has 216 valence electrons. The van der Waals surface area contributed by atoms with E-state index in [1.54, 1.807) is 0 Å². The Kier molecular flexibility index (Phi) is 6.70. The standard InChI is InChI=1S/C39H19B5N4O/c40-28-29(41)31(43)34(32(44)30(28)42)48-27-17-8-7-14-22(27)23-18-19-25-24-15-9-16-26(35(24)49-36(25)33(23)48)39-46-37(20-10-3-1-4-11-20)45-38(47-39)21-12-5-2-6-13-21/h1-19H. The average molecular weight is 614 g/mol. The van der Waals surface area contributed by atoms with Crippen LogP contribution < -0.4 is 27.3 Å². The molecule has 0 spiro atoms. The first-order valence-electron chi connectivity index (χ1n) is 15.7. The molecule has 9 aromatic rings. The quantitative estimate of drug-likeness (QED) is 0.283. The van der Waals surface area contributed by atoms with Gasteiger partial charge in [0.15, 0.2) is 23.1 Å². The Balaban J connectivity index is 1.38. The van der Waals surface area contributed by atoms with Crippen molar-refractivity contribution >= 4 is 110 Å². The van der Waals surface area contributed by atoms with E-state index in [9.17, 15) is 0 Å². The molecule has 0 saturated carbocycles. The third-order valence-corrected chi connectivity index (χ3v) is 9.13. The van der Waals surface area contributed by atoms with Gasteiger partial charge in [-0.1, -0.05) is 108 Å². The minimum absolute atomic E-state index is 0.153. The second-order valence-corrected chi connectivity index (χ2v) is 11.9. The first-order valence-corrected chi connectivity index (χ1v) is 15.7. The Bertz CT molecular complexity index is 2690. The molecule has 0 aliphatic heterocycles. The summed E-state index contributed by atoms with van der Waals surface area (Å²) < 4.78 is 8.88. The maximum absolute atomic E-state index is 6.91. The SMILES string of the molecule is [B]c1c([B])c([B])c(-n2c3ccccc3c3ccc4c5cccc(-c6nc(-c7ccccc7)nc(-c7ccccc7)n6)c5oc4c32)c([B])c1[B]. The zero-order valence-electron chi connectivity index (χ0n) is 26.1. The first-order chi connectivity index (χ1) is 23.9. The van der Waals surface area contributed by atoms with Crippen LogP contribution in [0.1, 0.15) is 0 Å². The molecule has 0 bridgehead atoms. The summed E-state index contributed by atoms with van der Waals surface area (Å²) in [5.74, 6) is 1.61. The van der Waals surface area contributed by atoms with E-state index in [0.717, 1.165) is 49.3 Å². The number of benzene rings is 6. The van der Waals surface area contributed by atoms with E-state index in [4.69, 9.17) is 58.6 Å². The molecule has 0 N–H and O–H groups in total. The monoisotopic (exact) mass is 614 g/mol. The molecule has 5 nitrogen and oxygen atoms in total. The predicted molar refractivity (Wildman–Crippen MR) is 205 cm³/mol. The number of nitrogens with zero attached hydrogens (tertiary/aromatic N) is 4. The van der Waals surface area contributed by atoms with E-state index >= 15 is 0 Å². The van der Waals surface area contributed by atoms with Gasteiger partial charge in [-0.25, -0.2) is 15.0 Å². The zero-order valence-corrected chi connectivity index (χ0v) is 26.1. The van der Waals surface area contributed by atoms with Gasteiger partial charge < -0.3 is 8.98 Å². The fourth-order valence-electron chi connectivity index (χ4n) is 6.72. The highest BCUT2D eigenvalue weighted by molar-refractivity contribution is 6.68. The predicted octanol–water partition coefficient (Wildman–Crippen LogP) is 3.84. The number of furan rings is 1. The molecule has 0 atom stereocenters. The minimum atomic E-state index is 0.153. The van der Waals surface area contributed by atoms with Gasteiger partial charge in [0.05, 0.1) is 16.6 Å². The molecule has 3 heterocycles. The topological polar surface area (TPSA) is 56.7 Å². The Morgan fingerprint density at radius 3 is 1.59 bits per heavy atom. The number of hydrogen-bond acceptors (Lipinski definition) is 4. The number of rotatable bonds is 4. The van der Waals surface area contributed by atoms with Gasteiger partial charge in [-0.05, 0) is 18.2 Å². The van der Waals surface area contributed by atoms with Crippen molar-refractivity contribution in [2.75, 3.05) is 0 Å². The van der Waals surface area contributed by atoms with Gasteiger partial charge in [0.25, 0.3) is 0 Å². The molecule has 49 heavy (non-hydrogen) atoms. The number of para-hydroxylation sites is 2. The van der Waals surface area contributed by atoms with Crippen molar-refractivity contribution in [3.05, 3.63) is 115 Å². The van der Waals surface area contributed by atoms with Crippen LogP contribution in [-0.2, 0) is 0 Å². The Morgan fingerprint density at radius 1 is 0.429 bits per heavy atom. The van der Waals surface area contributed by atoms with Crippen molar-refractivity contribution in [3.63, 3.8) is 0 Å². The summed E-state index contributed by atoms with van der Waals surface area (Å²) in [5.41, 5.74) is 6.75. The third kappa shape index (κ3) is 4.43. The molecule has 0 aliphatic carbocycles. The lowest BCUT2D eigenvalue weighted by molar-refractivity contribution is 0.671. The maximum atomic E-state index is 6.91. The van der Waals surface area contributed by atoms with Crippen molar-refractivity contribution < 1.29 is 4.42 Å². The van der Waals surface area contributed by atoms with Crippen LogP contribution in [0.15, 0.2) is 120 Å². The van der Waals surface area contributed by atoms with E-state index < -0.39 is 0 Å².